The molecule has 4 heteroatoms. The molecule has 1 aromatic rings. The summed E-state index contributed by atoms with van der Waals surface area (Å²) in [4.78, 5) is 5.97. The highest BCUT2D eigenvalue weighted by Crippen LogP contribution is 2.18. The Labute approximate surface area is 84.0 Å². The van der Waals surface area contributed by atoms with E-state index in [4.69, 9.17) is 11.0 Å². The molecule has 4 nitrogen and oxygen atoms in total. The van der Waals surface area contributed by atoms with Gasteiger partial charge in [-0.15, -0.1) is 0 Å². The third-order valence-electron chi connectivity index (χ3n) is 1.97. The van der Waals surface area contributed by atoms with E-state index in [0.717, 1.165) is 18.7 Å². The zero-order valence-corrected chi connectivity index (χ0v) is 8.49. The number of nitrogens with two attached hydrogens (primary N) is 1. The molecule has 0 spiro atoms. The SMILES string of the molecule is CCCN(C)c1ccc(N)nc1C#N. The summed E-state index contributed by atoms with van der Waals surface area (Å²) in [6.45, 7) is 2.99. The van der Waals surface area contributed by atoms with Crippen molar-refractivity contribution in [2.75, 3.05) is 24.2 Å². The van der Waals surface area contributed by atoms with Crippen LogP contribution in [0.5, 0.6) is 0 Å². The number of pyridine rings is 1. The number of nitriles is 1. The summed E-state index contributed by atoms with van der Waals surface area (Å²) in [5.74, 6) is 0.384. The van der Waals surface area contributed by atoms with Crippen molar-refractivity contribution in [2.24, 2.45) is 0 Å². The van der Waals surface area contributed by atoms with Gasteiger partial charge >= 0.3 is 0 Å². The highest BCUT2D eigenvalue weighted by molar-refractivity contribution is 5.58. The first-order valence-electron chi connectivity index (χ1n) is 4.56. The summed E-state index contributed by atoms with van der Waals surface area (Å²) in [6.07, 6.45) is 1.03. The second-order valence-electron chi connectivity index (χ2n) is 3.14. The Morgan fingerprint density at radius 3 is 2.86 bits per heavy atom. The average Bonchev–Trinajstić information content (AvgIpc) is 2.17. The number of aromatic nitrogens is 1. The zero-order valence-electron chi connectivity index (χ0n) is 8.49. The maximum Gasteiger partial charge on any atom is 0.166 e. The lowest BCUT2D eigenvalue weighted by atomic mass is 10.2. The number of anilines is 2. The van der Waals surface area contributed by atoms with E-state index in [0.29, 0.717) is 11.5 Å². The molecule has 74 valence electrons. The van der Waals surface area contributed by atoms with Gasteiger partial charge in [0.2, 0.25) is 0 Å². The van der Waals surface area contributed by atoms with E-state index >= 15 is 0 Å². The van der Waals surface area contributed by atoms with Crippen LogP contribution in [0.1, 0.15) is 19.0 Å². The first kappa shape index (κ1) is 10.3. The maximum atomic E-state index is 8.87. The van der Waals surface area contributed by atoms with Crippen LogP contribution in [0.4, 0.5) is 11.5 Å². The molecule has 0 bridgehead atoms. The molecule has 1 aromatic heterocycles. The fourth-order valence-electron chi connectivity index (χ4n) is 1.31. The molecule has 0 radical (unpaired) electrons. The summed E-state index contributed by atoms with van der Waals surface area (Å²) in [7, 11) is 1.94. The van der Waals surface area contributed by atoms with Crippen LogP contribution in [0.2, 0.25) is 0 Å². The molecule has 0 aliphatic heterocycles. The molecule has 0 aliphatic rings. The molecule has 0 saturated heterocycles. The second-order valence-corrected chi connectivity index (χ2v) is 3.14. The molecule has 0 aliphatic carbocycles. The standard InChI is InChI=1S/C10H14N4/c1-3-6-14(2)9-4-5-10(12)13-8(9)7-11/h4-5H,3,6H2,1-2H3,(H2,12,13). The van der Waals surface area contributed by atoms with Gasteiger partial charge in [-0.05, 0) is 18.6 Å². The number of nitrogens with zero attached hydrogens (tertiary/aromatic N) is 3. The molecule has 0 saturated carbocycles. The van der Waals surface area contributed by atoms with Crippen molar-refractivity contribution in [3.05, 3.63) is 17.8 Å². The second kappa shape index (κ2) is 4.47. The van der Waals surface area contributed by atoms with E-state index < -0.39 is 0 Å². The Morgan fingerprint density at radius 1 is 1.57 bits per heavy atom. The summed E-state index contributed by atoms with van der Waals surface area (Å²) in [5, 5.41) is 8.87. The van der Waals surface area contributed by atoms with Gasteiger partial charge in [-0.25, -0.2) is 4.98 Å². The van der Waals surface area contributed by atoms with Crippen LogP contribution in [0, 0.1) is 11.3 Å². The average molecular weight is 190 g/mol. The van der Waals surface area contributed by atoms with Crippen LogP contribution in [0.25, 0.3) is 0 Å². The third kappa shape index (κ3) is 2.13. The first-order valence-corrected chi connectivity index (χ1v) is 4.56. The van der Waals surface area contributed by atoms with E-state index in [1.807, 2.05) is 24.1 Å². The van der Waals surface area contributed by atoms with Crippen LogP contribution in [0.15, 0.2) is 12.1 Å². The normalized spacial score (nSPS) is 9.50. The molecular weight excluding hydrogens is 176 g/mol. The minimum absolute atomic E-state index is 0.384. The quantitative estimate of drug-likeness (QED) is 0.782. The van der Waals surface area contributed by atoms with Crippen LogP contribution < -0.4 is 10.6 Å². The summed E-state index contributed by atoms with van der Waals surface area (Å²) in [5.41, 5.74) is 6.72. The number of hydrogen-bond acceptors (Lipinski definition) is 4. The van der Waals surface area contributed by atoms with Crippen LogP contribution in [0.3, 0.4) is 0 Å². The van der Waals surface area contributed by atoms with Crippen molar-refractivity contribution in [2.45, 2.75) is 13.3 Å². The Kier molecular flexibility index (Phi) is 3.29. The molecular formula is C10H14N4. The van der Waals surface area contributed by atoms with E-state index in [2.05, 4.69) is 11.9 Å². The first-order chi connectivity index (χ1) is 6.69. The Morgan fingerprint density at radius 2 is 2.29 bits per heavy atom. The molecule has 0 atom stereocenters. The lowest BCUT2D eigenvalue weighted by molar-refractivity contribution is 0.848. The third-order valence-corrected chi connectivity index (χ3v) is 1.97. The van der Waals surface area contributed by atoms with Crippen LogP contribution in [-0.2, 0) is 0 Å². The number of hydrogen-bond donors (Lipinski definition) is 1. The highest BCUT2D eigenvalue weighted by atomic mass is 15.1. The van der Waals surface area contributed by atoms with Crippen molar-refractivity contribution in [1.29, 1.82) is 5.26 Å². The molecule has 1 heterocycles. The van der Waals surface area contributed by atoms with Crippen molar-refractivity contribution in [1.82, 2.24) is 4.98 Å². The van der Waals surface area contributed by atoms with E-state index in [9.17, 15) is 0 Å². The number of nitrogen functional groups attached to an aromatic ring is 1. The predicted molar refractivity (Wildman–Crippen MR) is 56.9 cm³/mol. The van der Waals surface area contributed by atoms with Crippen molar-refractivity contribution in [3.8, 4) is 6.07 Å². The molecule has 14 heavy (non-hydrogen) atoms. The minimum Gasteiger partial charge on any atom is -0.384 e. The fraction of sp³-hybridized carbons (Fsp3) is 0.400. The monoisotopic (exact) mass is 190 g/mol. The van der Waals surface area contributed by atoms with Crippen molar-refractivity contribution in [3.63, 3.8) is 0 Å². The topological polar surface area (TPSA) is 65.9 Å². The van der Waals surface area contributed by atoms with E-state index in [1.165, 1.54) is 0 Å². The summed E-state index contributed by atoms with van der Waals surface area (Å²) >= 11 is 0. The van der Waals surface area contributed by atoms with Gasteiger partial charge in [0.15, 0.2) is 5.69 Å². The van der Waals surface area contributed by atoms with E-state index in [1.54, 1.807) is 6.07 Å². The highest BCUT2D eigenvalue weighted by Gasteiger charge is 2.07. The number of rotatable bonds is 3. The van der Waals surface area contributed by atoms with Gasteiger partial charge in [-0.1, -0.05) is 6.92 Å². The molecule has 2 N–H and O–H groups in total. The smallest absolute Gasteiger partial charge is 0.166 e. The Hall–Kier alpha value is -1.76. The van der Waals surface area contributed by atoms with Gasteiger partial charge < -0.3 is 10.6 Å². The predicted octanol–water partition coefficient (Wildman–Crippen LogP) is 1.38. The van der Waals surface area contributed by atoms with Gasteiger partial charge in [0.1, 0.15) is 11.9 Å². The van der Waals surface area contributed by atoms with Gasteiger partial charge in [0.05, 0.1) is 5.69 Å². The minimum atomic E-state index is 0.384. The molecule has 1 rings (SSSR count). The Bertz CT molecular complexity index is 354. The summed E-state index contributed by atoms with van der Waals surface area (Å²) in [6, 6.07) is 5.58. The zero-order chi connectivity index (χ0) is 10.6. The molecule has 0 unspecified atom stereocenters. The lowest BCUT2D eigenvalue weighted by Crippen LogP contribution is -2.19. The van der Waals surface area contributed by atoms with E-state index in [-0.39, 0.29) is 0 Å². The lowest BCUT2D eigenvalue weighted by Gasteiger charge is -2.18. The Balaban J connectivity index is 3.03. The molecule has 0 amide bonds. The van der Waals surface area contributed by atoms with Gasteiger partial charge in [-0.2, -0.15) is 5.26 Å². The molecule has 0 aromatic carbocycles. The van der Waals surface area contributed by atoms with Crippen molar-refractivity contribution >= 4 is 11.5 Å². The van der Waals surface area contributed by atoms with Crippen molar-refractivity contribution < 1.29 is 0 Å². The molecule has 0 fully saturated rings. The largest absolute Gasteiger partial charge is 0.384 e. The van der Waals surface area contributed by atoms with Gasteiger partial charge in [0, 0.05) is 13.6 Å². The summed E-state index contributed by atoms with van der Waals surface area (Å²) < 4.78 is 0. The van der Waals surface area contributed by atoms with Crippen LogP contribution >= 0.6 is 0 Å². The van der Waals surface area contributed by atoms with Gasteiger partial charge in [0.25, 0.3) is 0 Å². The fourth-order valence-corrected chi connectivity index (χ4v) is 1.31. The maximum absolute atomic E-state index is 8.87. The van der Waals surface area contributed by atoms with Crippen LogP contribution in [-0.4, -0.2) is 18.6 Å². The van der Waals surface area contributed by atoms with Gasteiger partial charge in [-0.3, -0.25) is 0 Å².